The van der Waals surface area contributed by atoms with Gasteiger partial charge >= 0.3 is 0 Å². The molecule has 0 aliphatic heterocycles. The number of nitrogens with zero attached hydrogens (tertiary/aromatic N) is 1. The Morgan fingerprint density at radius 1 is 1.12 bits per heavy atom. The second-order valence-corrected chi connectivity index (χ2v) is 6.61. The Bertz CT molecular complexity index is 540. The second-order valence-electron chi connectivity index (χ2n) is 6.61. The smallest absolute Gasteiger partial charge is 0.251 e. The predicted octanol–water partition coefficient (Wildman–Crippen LogP) is 3.32. The molecule has 0 unspecified atom stereocenters. The lowest BCUT2D eigenvalue weighted by Gasteiger charge is -2.12. The Morgan fingerprint density at radius 3 is 2.60 bits per heavy atom. The zero-order valence-electron chi connectivity index (χ0n) is 16.2. The van der Waals surface area contributed by atoms with Crippen LogP contribution in [-0.4, -0.2) is 31.5 Å². The third-order valence-electron chi connectivity index (χ3n) is 3.74. The van der Waals surface area contributed by atoms with Crippen LogP contribution in [0.5, 0.6) is 0 Å². The molecule has 0 radical (unpaired) electrons. The molecule has 1 aromatic rings. The van der Waals surface area contributed by atoms with Gasteiger partial charge in [0.2, 0.25) is 0 Å². The molecule has 0 heterocycles. The molecule has 0 aliphatic carbocycles. The number of guanidine groups is 1. The average molecular weight is 347 g/mol. The lowest BCUT2D eigenvalue weighted by Crippen LogP contribution is -2.37. The molecule has 3 N–H and O–H groups in total. The zero-order valence-corrected chi connectivity index (χ0v) is 16.2. The van der Waals surface area contributed by atoms with Crippen molar-refractivity contribution in [2.75, 3.05) is 19.6 Å². The van der Waals surface area contributed by atoms with Crippen molar-refractivity contribution in [2.24, 2.45) is 10.9 Å². The Kier molecular flexibility index (Phi) is 10.4. The minimum Gasteiger partial charge on any atom is -0.357 e. The molecule has 140 valence electrons. The first-order valence-electron chi connectivity index (χ1n) is 9.46. The van der Waals surface area contributed by atoms with Gasteiger partial charge in [-0.15, -0.1) is 0 Å². The molecule has 1 rings (SSSR count). The van der Waals surface area contributed by atoms with Gasteiger partial charge in [0.25, 0.3) is 5.91 Å². The van der Waals surface area contributed by atoms with Gasteiger partial charge in [0.15, 0.2) is 5.96 Å². The Hall–Kier alpha value is -2.04. The van der Waals surface area contributed by atoms with E-state index in [1.165, 1.54) is 6.42 Å². The lowest BCUT2D eigenvalue weighted by molar-refractivity contribution is 0.0953. The fraction of sp³-hybridized carbons (Fsp3) is 0.600. The van der Waals surface area contributed by atoms with Gasteiger partial charge in [0.05, 0.1) is 6.54 Å². The fourth-order valence-corrected chi connectivity index (χ4v) is 2.38. The van der Waals surface area contributed by atoms with Gasteiger partial charge in [-0.25, -0.2) is 4.99 Å². The lowest BCUT2D eigenvalue weighted by atomic mass is 10.1. The molecule has 1 aromatic carbocycles. The zero-order chi connectivity index (χ0) is 18.5. The Balaban J connectivity index is 2.61. The number of carbonyl (C=O) groups is 1. The van der Waals surface area contributed by atoms with Crippen molar-refractivity contribution in [2.45, 2.75) is 53.5 Å². The molecule has 0 saturated carbocycles. The third-order valence-corrected chi connectivity index (χ3v) is 3.74. The summed E-state index contributed by atoms with van der Waals surface area (Å²) in [7, 11) is 0. The summed E-state index contributed by atoms with van der Waals surface area (Å²) in [5.41, 5.74) is 1.72. The van der Waals surface area contributed by atoms with Gasteiger partial charge in [-0.1, -0.05) is 32.9 Å². The summed E-state index contributed by atoms with van der Waals surface area (Å²) in [6.07, 6.45) is 3.28. The highest BCUT2D eigenvalue weighted by molar-refractivity contribution is 5.94. The van der Waals surface area contributed by atoms with E-state index in [4.69, 9.17) is 0 Å². The molecular formula is C20H34N4O. The number of hydrogen-bond acceptors (Lipinski definition) is 2. The predicted molar refractivity (Wildman–Crippen MR) is 106 cm³/mol. The summed E-state index contributed by atoms with van der Waals surface area (Å²) < 4.78 is 0. The van der Waals surface area contributed by atoms with Gasteiger partial charge in [-0.05, 0) is 49.8 Å². The van der Waals surface area contributed by atoms with Crippen LogP contribution in [0.3, 0.4) is 0 Å². The maximum Gasteiger partial charge on any atom is 0.251 e. The molecule has 5 heteroatoms. The largest absolute Gasteiger partial charge is 0.357 e. The van der Waals surface area contributed by atoms with Crippen molar-refractivity contribution in [3.63, 3.8) is 0 Å². The molecule has 0 saturated heterocycles. The highest BCUT2D eigenvalue weighted by Gasteiger charge is 2.05. The molecule has 0 spiro atoms. The van der Waals surface area contributed by atoms with Gasteiger partial charge in [0, 0.05) is 25.2 Å². The van der Waals surface area contributed by atoms with Crippen LogP contribution in [0.2, 0.25) is 0 Å². The highest BCUT2D eigenvalue weighted by atomic mass is 16.1. The van der Waals surface area contributed by atoms with Crippen LogP contribution < -0.4 is 16.0 Å². The van der Waals surface area contributed by atoms with E-state index in [0.717, 1.165) is 43.4 Å². The van der Waals surface area contributed by atoms with E-state index in [-0.39, 0.29) is 5.91 Å². The van der Waals surface area contributed by atoms with Crippen molar-refractivity contribution in [1.82, 2.24) is 16.0 Å². The molecular weight excluding hydrogens is 312 g/mol. The van der Waals surface area contributed by atoms with Crippen molar-refractivity contribution >= 4 is 11.9 Å². The fourth-order valence-electron chi connectivity index (χ4n) is 2.38. The van der Waals surface area contributed by atoms with E-state index in [2.05, 4.69) is 41.7 Å². The standard InChI is InChI=1S/C20H34N4O/c1-5-12-22-19(25)18-11-7-10-17(14-18)15-24-20(21-6-2)23-13-8-9-16(3)4/h7,10-11,14,16H,5-6,8-9,12-13,15H2,1-4H3,(H,22,25)(H2,21,23,24). The minimum absolute atomic E-state index is 0.0219. The number of benzene rings is 1. The maximum atomic E-state index is 12.1. The van der Waals surface area contributed by atoms with Crippen LogP contribution >= 0.6 is 0 Å². The van der Waals surface area contributed by atoms with Crippen LogP contribution in [-0.2, 0) is 6.54 Å². The highest BCUT2D eigenvalue weighted by Crippen LogP contribution is 2.07. The molecule has 0 aliphatic rings. The quantitative estimate of drug-likeness (QED) is 0.346. The van der Waals surface area contributed by atoms with Gasteiger partial charge in [-0.3, -0.25) is 4.79 Å². The molecule has 0 aromatic heterocycles. The van der Waals surface area contributed by atoms with Crippen molar-refractivity contribution in [3.05, 3.63) is 35.4 Å². The SMILES string of the molecule is CCCNC(=O)c1cccc(CN=C(NCC)NCCCC(C)C)c1. The van der Waals surface area contributed by atoms with Crippen molar-refractivity contribution in [1.29, 1.82) is 0 Å². The van der Waals surface area contributed by atoms with Crippen LogP contribution in [0.25, 0.3) is 0 Å². The summed E-state index contributed by atoms with van der Waals surface area (Å²) in [5.74, 6) is 1.53. The number of nitrogens with one attached hydrogen (secondary N) is 3. The van der Waals surface area contributed by atoms with Gasteiger partial charge < -0.3 is 16.0 Å². The number of carbonyl (C=O) groups excluding carboxylic acids is 1. The first kappa shape index (κ1) is 21.0. The van der Waals surface area contributed by atoms with Crippen LogP contribution in [0.15, 0.2) is 29.3 Å². The molecule has 5 nitrogen and oxygen atoms in total. The molecule has 0 bridgehead atoms. The normalized spacial score (nSPS) is 11.5. The van der Waals surface area contributed by atoms with E-state index in [9.17, 15) is 4.79 Å². The summed E-state index contributed by atoms with van der Waals surface area (Å²) in [5, 5.41) is 9.54. The summed E-state index contributed by atoms with van der Waals surface area (Å²) >= 11 is 0. The molecule has 0 atom stereocenters. The Morgan fingerprint density at radius 2 is 1.92 bits per heavy atom. The van der Waals surface area contributed by atoms with E-state index in [1.54, 1.807) is 0 Å². The first-order valence-corrected chi connectivity index (χ1v) is 9.46. The molecule has 25 heavy (non-hydrogen) atoms. The summed E-state index contributed by atoms with van der Waals surface area (Å²) in [6.45, 7) is 11.6. The van der Waals surface area contributed by atoms with E-state index >= 15 is 0 Å². The number of rotatable bonds is 10. The van der Waals surface area contributed by atoms with Crippen molar-refractivity contribution in [3.8, 4) is 0 Å². The number of hydrogen-bond donors (Lipinski definition) is 3. The van der Waals surface area contributed by atoms with E-state index in [1.807, 2.05) is 31.2 Å². The second kappa shape index (κ2) is 12.3. The first-order chi connectivity index (χ1) is 12.1. The average Bonchev–Trinajstić information content (AvgIpc) is 2.61. The number of aliphatic imine (C=N–C) groups is 1. The summed E-state index contributed by atoms with van der Waals surface area (Å²) in [4.78, 5) is 16.7. The third kappa shape index (κ3) is 9.13. The maximum absolute atomic E-state index is 12.1. The molecule has 0 fully saturated rings. The van der Waals surface area contributed by atoms with Crippen LogP contribution in [0.1, 0.15) is 62.9 Å². The van der Waals surface area contributed by atoms with Gasteiger partial charge in [-0.2, -0.15) is 0 Å². The van der Waals surface area contributed by atoms with E-state index < -0.39 is 0 Å². The topological polar surface area (TPSA) is 65.5 Å². The van der Waals surface area contributed by atoms with Gasteiger partial charge in [0.1, 0.15) is 0 Å². The van der Waals surface area contributed by atoms with E-state index in [0.29, 0.717) is 18.7 Å². The number of amides is 1. The van der Waals surface area contributed by atoms with Crippen LogP contribution in [0, 0.1) is 5.92 Å². The van der Waals surface area contributed by atoms with Crippen molar-refractivity contribution < 1.29 is 4.79 Å². The minimum atomic E-state index is -0.0219. The monoisotopic (exact) mass is 346 g/mol. The Labute approximate surface area is 152 Å². The summed E-state index contributed by atoms with van der Waals surface area (Å²) in [6, 6.07) is 7.67. The van der Waals surface area contributed by atoms with Crippen LogP contribution in [0.4, 0.5) is 0 Å². The molecule has 1 amide bonds.